The fraction of sp³-hybridized carbons (Fsp3) is 0.731. The molecule has 34 heavy (non-hydrogen) atoms. The summed E-state index contributed by atoms with van der Waals surface area (Å²) < 4.78 is -0.606. The lowest BCUT2D eigenvalue weighted by Gasteiger charge is -2.42. The van der Waals surface area contributed by atoms with Crippen molar-refractivity contribution < 1.29 is 19.5 Å². The molecule has 3 heterocycles. The van der Waals surface area contributed by atoms with E-state index in [1.807, 2.05) is 32.6 Å². The number of thioether (sulfide) groups is 1. The van der Waals surface area contributed by atoms with E-state index in [1.54, 1.807) is 33.7 Å². The zero-order valence-corrected chi connectivity index (χ0v) is 22.0. The van der Waals surface area contributed by atoms with Gasteiger partial charge in [0, 0.05) is 43.6 Å². The van der Waals surface area contributed by atoms with E-state index in [0.717, 1.165) is 19.3 Å². The molecular formula is C26H41N3O4S. The zero-order valence-electron chi connectivity index (χ0n) is 21.2. The molecule has 5 atom stereocenters. The number of carbonyl (C=O) groups is 3. The van der Waals surface area contributed by atoms with E-state index in [0.29, 0.717) is 32.6 Å². The second kappa shape index (κ2) is 10.4. The summed E-state index contributed by atoms with van der Waals surface area (Å²) in [6, 6.07) is -0.637. The maximum atomic E-state index is 14.1. The molecule has 190 valence electrons. The highest BCUT2D eigenvalue weighted by Gasteiger charge is 2.74. The van der Waals surface area contributed by atoms with Crippen molar-refractivity contribution in [3.63, 3.8) is 0 Å². The van der Waals surface area contributed by atoms with Gasteiger partial charge in [-0.25, -0.2) is 0 Å². The van der Waals surface area contributed by atoms with Gasteiger partial charge in [0.15, 0.2) is 0 Å². The quantitative estimate of drug-likeness (QED) is 0.450. The highest BCUT2D eigenvalue weighted by molar-refractivity contribution is 8.02. The van der Waals surface area contributed by atoms with E-state index < -0.39 is 28.2 Å². The second-order valence-corrected chi connectivity index (χ2v) is 12.2. The molecule has 0 aliphatic carbocycles. The number of hydrogen-bond acceptors (Lipinski definition) is 5. The van der Waals surface area contributed by atoms with E-state index in [4.69, 9.17) is 0 Å². The third-order valence-electron chi connectivity index (χ3n) is 7.42. The Kier molecular flexibility index (Phi) is 8.23. The molecule has 0 aromatic carbocycles. The van der Waals surface area contributed by atoms with Crippen LogP contribution in [0.4, 0.5) is 0 Å². The number of likely N-dealkylation sites (tertiary alicyclic amines) is 1. The van der Waals surface area contributed by atoms with Gasteiger partial charge in [-0.1, -0.05) is 19.1 Å². The molecular weight excluding hydrogens is 450 g/mol. The van der Waals surface area contributed by atoms with Gasteiger partial charge in [-0.2, -0.15) is 0 Å². The van der Waals surface area contributed by atoms with Crippen molar-refractivity contribution in [2.75, 3.05) is 32.8 Å². The maximum absolute atomic E-state index is 14.1. The summed E-state index contributed by atoms with van der Waals surface area (Å²) in [5.74, 6) is -1.12. The van der Waals surface area contributed by atoms with Gasteiger partial charge >= 0.3 is 0 Å². The van der Waals surface area contributed by atoms with Crippen molar-refractivity contribution >= 4 is 29.5 Å². The van der Waals surface area contributed by atoms with Gasteiger partial charge in [0.25, 0.3) is 0 Å². The molecule has 0 aromatic rings. The van der Waals surface area contributed by atoms with Crippen molar-refractivity contribution in [2.24, 2.45) is 11.8 Å². The molecule has 3 aliphatic rings. The SMILES string of the molecule is C=CCN(CCC)C(=O)[C@@H]1[C@@H]2CCC3(S2)C(C(=O)N(CC=C)C(C)(C)C)N(CCCO)C(=O)[C@H]13. The summed E-state index contributed by atoms with van der Waals surface area (Å²) in [5, 5.41) is 9.55. The lowest BCUT2D eigenvalue weighted by Crippen LogP contribution is -2.59. The van der Waals surface area contributed by atoms with E-state index in [-0.39, 0.29) is 29.6 Å². The minimum absolute atomic E-state index is 0.00755. The Morgan fingerprint density at radius 3 is 2.47 bits per heavy atom. The van der Waals surface area contributed by atoms with Crippen molar-refractivity contribution in [3.8, 4) is 0 Å². The van der Waals surface area contributed by atoms with Crippen LogP contribution in [0.5, 0.6) is 0 Å². The Morgan fingerprint density at radius 2 is 1.91 bits per heavy atom. The van der Waals surface area contributed by atoms with Crippen LogP contribution in [0.15, 0.2) is 25.3 Å². The Labute approximate surface area is 208 Å². The van der Waals surface area contributed by atoms with Crippen LogP contribution in [0.1, 0.15) is 53.4 Å². The number of carbonyl (C=O) groups excluding carboxylic acids is 3. The molecule has 1 spiro atoms. The number of hydrogen-bond donors (Lipinski definition) is 1. The van der Waals surface area contributed by atoms with E-state index in [9.17, 15) is 19.5 Å². The monoisotopic (exact) mass is 491 g/mol. The fourth-order valence-corrected chi connectivity index (χ4v) is 8.30. The molecule has 0 radical (unpaired) electrons. The van der Waals surface area contributed by atoms with Gasteiger partial charge in [-0.15, -0.1) is 24.9 Å². The van der Waals surface area contributed by atoms with Crippen LogP contribution < -0.4 is 0 Å². The second-order valence-electron chi connectivity index (χ2n) is 10.6. The van der Waals surface area contributed by atoms with Crippen LogP contribution in [0.3, 0.4) is 0 Å². The molecule has 3 saturated heterocycles. The van der Waals surface area contributed by atoms with Crippen LogP contribution in [0.2, 0.25) is 0 Å². The summed E-state index contributed by atoms with van der Waals surface area (Å²) in [4.78, 5) is 47.1. The third-order valence-corrected chi connectivity index (χ3v) is 9.37. The summed E-state index contributed by atoms with van der Waals surface area (Å²) in [5.41, 5.74) is -0.440. The molecule has 7 nitrogen and oxygen atoms in total. The Bertz CT molecular complexity index is 825. The first-order valence-corrected chi connectivity index (χ1v) is 13.4. The van der Waals surface area contributed by atoms with Crippen LogP contribution in [0.25, 0.3) is 0 Å². The van der Waals surface area contributed by atoms with Crippen molar-refractivity contribution in [1.82, 2.24) is 14.7 Å². The van der Waals surface area contributed by atoms with Crippen molar-refractivity contribution in [1.29, 1.82) is 0 Å². The number of fused-ring (bicyclic) bond motifs is 1. The van der Waals surface area contributed by atoms with Gasteiger partial charge in [-0.3, -0.25) is 14.4 Å². The van der Waals surface area contributed by atoms with Crippen LogP contribution in [0, 0.1) is 11.8 Å². The van der Waals surface area contributed by atoms with Gasteiger partial charge in [-0.05, 0) is 46.5 Å². The van der Waals surface area contributed by atoms with Gasteiger partial charge in [0.05, 0.1) is 16.6 Å². The number of nitrogens with zero attached hydrogens (tertiary/aromatic N) is 3. The van der Waals surface area contributed by atoms with Gasteiger partial charge in [0.1, 0.15) is 6.04 Å². The molecule has 3 amide bonds. The summed E-state index contributed by atoms with van der Waals surface area (Å²) >= 11 is 1.69. The van der Waals surface area contributed by atoms with E-state index >= 15 is 0 Å². The minimum atomic E-state index is -0.637. The smallest absolute Gasteiger partial charge is 0.247 e. The van der Waals surface area contributed by atoms with E-state index in [1.165, 1.54) is 0 Å². The molecule has 2 unspecified atom stereocenters. The average Bonchev–Trinajstić information content (AvgIpc) is 3.41. The maximum Gasteiger partial charge on any atom is 0.247 e. The zero-order chi connectivity index (χ0) is 25.3. The standard InChI is InChI=1S/C26H41N3O4S/c1-7-13-27(14-8-2)22(31)19-18-11-12-26(34-18)20(19)23(32)28(16-10-17-30)21(26)24(33)29(15-9-3)25(4,5)6/h7,9,18-21,30H,1,3,8,10-17H2,2,4-6H3/t18-,19+,20-,21?,26?/m0/s1. The molecule has 0 saturated carbocycles. The molecule has 2 bridgehead atoms. The first-order chi connectivity index (χ1) is 16.1. The van der Waals surface area contributed by atoms with E-state index in [2.05, 4.69) is 13.2 Å². The number of amides is 3. The Morgan fingerprint density at radius 1 is 1.24 bits per heavy atom. The lowest BCUT2D eigenvalue weighted by atomic mass is 9.70. The van der Waals surface area contributed by atoms with Gasteiger partial charge < -0.3 is 19.8 Å². The van der Waals surface area contributed by atoms with Crippen LogP contribution >= 0.6 is 11.8 Å². The van der Waals surface area contributed by atoms with Crippen LogP contribution in [-0.4, -0.2) is 91.9 Å². The average molecular weight is 492 g/mol. The van der Waals surface area contributed by atoms with Crippen molar-refractivity contribution in [3.05, 3.63) is 25.3 Å². The summed E-state index contributed by atoms with van der Waals surface area (Å²) in [6.45, 7) is 17.4. The number of rotatable bonds is 11. The summed E-state index contributed by atoms with van der Waals surface area (Å²) in [6.07, 6.45) is 6.26. The predicted octanol–water partition coefficient (Wildman–Crippen LogP) is 2.70. The number of aliphatic hydroxyl groups is 1. The van der Waals surface area contributed by atoms with Crippen LogP contribution in [-0.2, 0) is 14.4 Å². The minimum Gasteiger partial charge on any atom is -0.396 e. The normalized spacial score (nSPS) is 29.8. The molecule has 0 aromatic heterocycles. The molecule has 3 fully saturated rings. The molecule has 3 rings (SSSR count). The Hall–Kier alpha value is -1.80. The Balaban J connectivity index is 2.04. The topological polar surface area (TPSA) is 81.2 Å². The molecule has 8 heteroatoms. The lowest BCUT2D eigenvalue weighted by molar-refractivity contribution is -0.146. The highest BCUT2D eigenvalue weighted by atomic mass is 32.2. The number of aliphatic hydroxyl groups excluding tert-OH is 1. The first-order valence-electron chi connectivity index (χ1n) is 12.5. The van der Waals surface area contributed by atoms with Gasteiger partial charge in [0.2, 0.25) is 17.7 Å². The fourth-order valence-electron chi connectivity index (χ4n) is 6.09. The third kappa shape index (κ3) is 4.43. The molecule has 3 aliphatic heterocycles. The molecule has 1 N–H and O–H groups in total. The predicted molar refractivity (Wildman–Crippen MR) is 136 cm³/mol. The first kappa shape index (κ1) is 26.8. The largest absolute Gasteiger partial charge is 0.396 e. The van der Waals surface area contributed by atoms with Crippen molar-refractivity contribution in [2.45, 2.75) is 75.0 Å². The highest BCUT2D eigenvalue weighted by Crippen LogP contribution is 2.66. The summed E-state index contributed by atoms with van der Waals surface area (Å²) in [7, 11) is 0.